The van der Waals surface area contributed by atoms with Crippen molar-refractivity contribution in [3.8, 4) is 5.69 Å². The second kappa shape index (κ2) is 10.4. The topological polar surface area (TPSA) is 82.5 Å². The average molecular weight is 371 g/mol. The van der Waals surface area contributed by atoms with Gasteiger partial charge < -0.3 is 4.90 Å². The molecule has 0 unspecified atom stereocenters. The summed E-state index contributed by atoms with van der Waals surface area (Å²) < 4.78 is 1.47. The van der Waals surface area contributed by atoms with Crippen LogP contribution < -0.4 is 11.0 Å². The number of nitrogens with zero attached hydrogens (tertiary/aromatic N) is 3. The van der Waals surface area contributed by atoms with Crippen LogP contribution in [0.25, 0.3) is 5.69 Å². The normalized spacial score (nSPS) is 11.1. The number of nitrogens with one attached hydrogen (secondary N) is 2. The molecule has 0 spiro atoms. The summed E-state index contributed by atoms with van der Waals surface area (Å²) in [4.78, 5) is 26.7. The molecule has 0 saturated carbocycles. The minimum absolute atomic E-state index is 0.203. The Morgan fingerprint density at radius 1 is 1.19 bits per heavy atom. The number of benzene rings is 1. The van der Waals surface area contributed by atoms with Gasteiger partial charge in [-0.05, 0) is 31.9 Å². The first-order valence-corrected chi connectivity index (χ1v) is 9.53. The molecule has 0 radical (unpaired) electrons. The van der Waals surface area contributed by atoms with E-state index in [1.165, 1.54) is 10.9 Å². The van der Waals surface area contributed by atoms with Gasteiger partial charge in [0, 0.05) is 18.8 Å². The van der Waals surface area contributed by atoms with Gasteiger partial charge in [-0.25, -0.2) is 14.9 Å². The zero-order valence-corrected chi connectivity index (χ0v) is 16.4. The number of unbranched alkanes of at least 4 members (excludes halogenated alkanes) is 2. The van der Waals surface area contributed by atoms with Crippen molar-refractivity contribution < 1.29 is 4.79 Å². The van der Waals surface area contributed by atoms with Gasteiger partial charge >= 0.3 is 6.03 Å². The number of carbonyl (C=O) groups excluding carboxylic acids is 1. The van der Waals surface area contributed by atoms with Crippen molar-refractivity contribution in [2.45, 2.75) is 46.5 Å². The van der Waals surface area contributed by atoms with Crippen LogP contribution in [0.5, 0.6) is 0 Å². The van der Waals surface area contributed by atoms with E-state index in [-0.39, 0.29) is 11.6 Å². The van der Waals surface area contributed by atoms with E-state index >= 15 is 0 Å². The lowest BCUT2D eigenvalue weighted by Gasteiger charge is -2.21. The van der Waals surface area contributed by atoms with Crippen molar-refractivity contribution in [1.82, 2.24) is 20.1 Å². The molecule has 27 heavy (non-hydrogen) atoms. The second-order valence-electron chi connectivity index (χ2n) is 6.50. The molecular formula is C20H29N5O2. The van der Waals surface area contributed by atoms with Crippen LogP contribution in [0.4, 0.5) is 4.79 Å². The summed E-state index contributed by atoms with van der Waals surface area (Å²) in [6.45, 7) is 7.42. The van der Waals surface area contributed by atoms with E-state index in [0.717, 1.165) is 31.4 Å². The summed E-state index contributed by atoms with van der Waals surface area (Å²) in [5.74, 6) is 0. The van der Waals surface area contributed by atoms with Gasteiger partial charge in [0.1, 0.15) is 0 Å². The van der Waals surface area contributed by atoms with Crippen LogP contribution in [0.1, 0.15) is 50.8 Å². The van der Waals surface area contributed by atoms with E-state index < -0.39 is 0 Å². The summed E-state index contributed by atoms with van der Waals surface area (Å²) in [6.07, 6.45) is 5.38. The Morgan fingerprint density at radius 3 is 2.41 bits per heavy atom. The number of hydrazone groups is 1. The fourth-order valence-electron chi connectivity index (χ4n) is 2.71. The molecule has 1 aromatic heterocycles. The lowest BCUT2D eigenvalue weighted by atomic mass is 10.3. The number of hydrogen-bond acceptors (Lipinski definition) is 3. The lowest BCUT2D eigenvalue weighted by molar-refractivity contribution is 0.196. The molecule has 7 nitrogen and oxygen atoms in total. The van der Waals surface area contributed by atoms with E-state index in [1.807, 2.05) is 30.3 Å². The van der Waals surface area contributed by atoms with Gasteiger partial charge in [-0.3, -0.25) is 9.89 Å². The molecule has 0 saturated heterocycles. The van der Waals surface area contributed by atoms with Gasteiger partial charge in [-0.1, -0.05) is 44.9 Å². The molecular weight excluding hydrogens is 342 g/mol. The highest BCUT2D eigenvalue weighted by Crippen LogP contribution is 2.05. The lowest BCUT2D eigenvalue weighted by Crippen LogP contribution is -2.39. The van der Waals surface area contributed by atoms with Crippen molar-refractivity contribution in [3.05, 3.63) is 51.9 Å². The molecule has 1 heterocycles. The van der Waals surface area contributed by atoms with E-state index in [9.17, 15) is 9.59 Å². The highest BCUT2D eigenvalue weighted by atomic mass is 16.2. The third kappa shape index (κ3) is 5.57. The smallest absolute Gasteiger partial charge is 0.323 e. The third-order valence-corrected chi connectivity index (χ3v) is 4.34. The summed E-state index contributed by atoms with van der Waals surface area (Å²) in [5, 5.41) is 7.04. The minimum Gasteiger partial charge on any atom is -0.323 e. The Hall–Kier alpha value is -2.83. The fraction of sp³-hybridized carbons (Fsp3) is 0.450. The van der Waals surface area contributed by atoms with Gasteiger partial charge in [0.15, 0.2) is 0 Å². The van der Waals surface area contributed by atoms with Crippen molar-refractivity contribution in [2.24, 2.45) is 5.10 Å². The van der Waals surface area contributed by atoms with Crippen LogP contribution in [0.2, 0.25) is 0 Å². The maximum absolute atomic E-state index is 12.6. The Morgan fingerprint density at radius 2 is 1.81 bits per heavy atom. The number of aromatic amines is 1. The number of amides is 2. The summed E-state index contributed by atoms with van der Waals surface area (Å²) >= 11 is 0. The quantitative estimate of drug-likeness (QED) is 0.523. The molecule has 0 aliphatic rings. The first kappa shape index (κ1) is 20.5. The molecule has 1 aromatic carbocycles. The first-order valence-electron chi connectivity index (χ1n) is 9.53. The molecule has 2 N–H and O–H groups in total. The zero-order valence-electron chi connectivity index (χ0n) is 16.4. The van der Waals surface area contributed by atoms with Crippen molar-refractivity contribution in [1.29, 1.82) is 0 Å². The number of H-pyrrole nitrogens is 1. The molecule has 2 rings (SSSR count). The van der Waals surface area contributed by atoms with Crippen LogP contribution in [0.15, 0.2) is 40.2 Å². The van der Waals surface area contributed by atoms with Crippen LogP contribution >= 0.6 is 0 Å². The van der Waals surface area contributed by atoms with E-state index in [2.05, 4.69) is 29.5 Å². The molecule has 2 amide bonds. The maximum atomic E-state index is 12.6. The third-order valence-electron chi connectivity index (χ3n) is 4.34. The largest absolute Gasteiger partial charge is 0.337 e. The second-order valence-corrected chi connectivity index (χ2v) is 6.50. The Kier molecular flexibility index (Phi) is 7.85. The average Bonchev–Trinajstić information content (AvgIpc) is 2.97. The number of carbonyl (C=O) groups is 1. The number of rotatable bonds is 9. The number of para-hydroxylation sites is 1. The number of hydrogen-bond donors (Lipinski definition) is 2. The van der Waals surface area contributed by atoms with E-state index in [1.54, 1.807) is 11.8 Å². The van der Waals surface area contributed by atoms with Gasteiger partial charge in [0.05, 0.1) is 17.5 Å². The molecule has 7 heteroatoms. The SMILES string of the molecule is CCCCN(CCCC)C(=O)N/N=C/c1c(C)[nH]n(-c2ccccc2)c1=O. The predicted octanol–water partition coefficient (Wildman–Crippen LogP) is 3.42. The molecule has 0 aliphatic heterocycles. The summed E-state index contributed by atoms with van der Waals surface area (Å²) in [6, 6.07) is 9.09. The van der Waals surface area contributed by atoms with Gasteiger partial charge in [0.25, 0.3) is 5.56 Å². The maximum Gasteiger partial charge on any atom is 0.337 e. The highest BCUT2D eigenvalue weighted by Gasteiger charge is 2.13. The van der Waals surface area contributed by atoms with Crippen LogP contribution in [-0.4, -0.2) is 40.0 Å². The monoisotopic (exact) mass is 371 g/mol. The van der Waals surface area contributed by atoms with Crippen LogP contribution in [-0.2, 0) is 0 Å². The number of aromatic nitrogens is 2. The minimum atomic E-state index is -0.232. The molecule has 0 bridgehead atoms. The fourth-order valence-corrected chi connectivity index (χ4v) is 2.71. The molecule has 2 aromatic rings. The first-order chi connectivity index (χ1) is 13.1. The van der Waals surface area contributed by atoms with E-state index in [4.69, 9.17) is 0 Å². The van der Waals surface area contributed by atoms with Crippen molar-refractivity contribution >= 4 is 12.2 Å². The zero-order chi connectivity index (χ0) is 19.6. The van der Waals surface area contributed by atoms with E-state index in [0.29, 0.717) is 24.3 Å². The summed E-state index contributed by atoms with van der Waals surface area (Å²) in [5.41, 5.74) is 4.21. The molecule has 0 atom stereocenters. The highest BCUT2D eigenvalue weighted by molar-refractivity contribution is 5.82. The van der Waals surface area contributed by atoms with Gasteiger partial charge in [-0.2, -0.15) is 5.10 Å². The standard InChI is InChI=1S/C20H29N5O2/c1-4-6-13-24(14-7-5-2)20(27)22-21-15-18-16(3)23-25(19(18)26)17-11-9-8-10-12-17/h8-12,15,23H,4-7,13-14H2,1-3H3,(H,22,27)/b21-15+. The number of aryl methyl sites for hydroxylation is 1. The predicted molar refractivity (Wildman–Crippen MR) is 109 cm³/mol. The Labute approximate surface area is 160 Å². The molecule has 0 aliphatic carbocycles. The van der Waals surface area contributed by atoms with Crippen molar-refractivity contribution in [2.75, 3.05) is 13.1 Å². The molecule has 0 fully saturated rings. The Bertz CT molecular complexity index is 800. The Balaban J connectivity index is 2.08. The van der Waals surface area contributed by atoms with Crippen molar-refractivity contribution in [3.63, 3.8) is 0 Å². The van der Waals surface area contributed by atoms with Crippen LogP contribution in [0.3, 0.4) is 0 Å². The van der Waals surface area contributed by atoms with Crippen LogP contribution in [0, 0.1) is 6.92 Å². The molecule has 146 valence electrons. The van der Waals surface area contributed by atoms with Gasteiger partial charge in [-0.15, -0.1) is 0 Å². The van der Waals surface area contributed by atoms with Gasteiger partial charge in [0.2, 0.25) is 0 Å². The summed E-state index contributed by atoms with van der Waals surface area (Å²) in [7, 11) is 0. The number of urea groups is 1.